The Morgan fingerprint density at radius 2 is 1.42 bits per heavy atom. The maximum Gasteiger partial charge on any atom is 0.144 e. The largest absolute Gasteiger partial charge is 0.455 e. The summed E-state index contributed by atoms with van der Waals surface area (Å²) in [6.45, 7) is 0.613. The van der Waals surface area contributed by atoms with Crippen molar-refractivity contribution in [2.24, 2.45) is 5.84 Å². The van der Waals surface area contributed by atoms with Gasteiger partial charge in [0.15, 0.2) is 0 Å². The van der Waals surface area contributed by atoms with E-state index in [9.17, 15) is 0 Å². The Hall–Kier alpha value is -4.12. The Bertz CT molecular complexity index is 1840. The van der Waals surface area contributed by atoms with Crippen LogP contribution in [0.15, 0.2) is 101 Å². The van der Waals surface area contributed by atoms with Crippen LogP contribution in [0, 0.1) is 0 Å². The number of benzene rings is 5. The number of nitrogens with one attached hydrogen (secondary N) is 1. The van der Waals surface area contributed by atoms with Crippen LogP contribution < -0.4 is 11.3 Å². The van der Waals surface area contributed by atoms with Crippen molar-refractivity contribution in [2.75, 3.05) is 0 Å². The van der Waals surface area contributed by atoms with E-state index in [0.717, 1.165) is 33.2 Å². The van der Waals surface area contributed by atoms with E-state index in [1.54, 1.807) is 0 Å². The highest BCUT2D eigenvalue weighted by Gasteiger charge is 2.22. The van der Waals surface area contributed by atoms with Crippen LogP contribution in [0.25, 0.3) is 60.2 Å². The van der Waals surface area contributed by atoms with E-state index in [0.29, 0.717) is 6.54 Å². The molecule has 4 nitrogen and oxygen atoms in total. The lowest BCUT2D eigenvalue weighted by Gasteiger charge is -2.12. The van der Waals surface area contributed by atoms with Crippen molar-refractivity contribution >= 4 is 54.5 Å². The van der Waals surface area contributed by atoms with E-state index in [1.165, 1.54) is 32.6 Å². The summed E-state index contributed by atoms with van der Waals surface area (Å²) in [5.74, 6) is 5.62. The molecule has 2 aromatic heterocycles. The minimum absolute atomic E-state index is 0.613. The number of para-hydroxylation sites is 2. The molecule has 0 unspecified atom stereocenters. The number of aromatic nitrogens is 1. The summed E-state index contributed by atoms with van der Waals surface area (Å²) in [7, 11) is 0. The molecule has 0 aliphatic heterocycles. The summed E-state index contributed by atoms with van der Waals surface area (Å²) < 4.78 is 8.84. The van der Waals surface area contributed by atoms with E-state index in [4.69, 9.17) is 10.3 Å². The number of hydrogen-bond donors (Lipinski definition) is 2. The summed E-state index contributed by atoms with van der Waals surface area (Å²) in [4.78, 5) is 0. The van der Waals surface area contributed by atoms with Crippen LogP contribution in [0.1, 0.15) is 5.56 Å². The number of furan rings is 1. The summed E-state index contributed by atoms with van der Waals surface area (Å²) in [6.07, 6.45) is 0. The van der Waals surface area contributed by atoms with Crippen LogP contribution >= 0.6 is 0 Å². The van der Waals surface area contributed by atoms with Gasteiger partial charge in [-0.15, -0.1) is 0 Å². The van der Waals surface area contributed by atoms with Gasteiger partial charge in [-0.2, -0.15) is 0 Å². The smallest absolute Gasteiger partial charge is 0.144 e. The molecule has 3 N–H and O–H groups in total. The first-order valence-electron chi connectivity index (χ1n) is 11.1. The van der Waals surface area contributed by atoms with E-state index < -0.39 is 0 Å². The van der Waals surface area contributed by atoms with Gasteiger partial charge < -0.3 is 8.98 Å². The fourth-order valence-corrected chi connectivity index (χ4v) is 5.31. The van der Waals surface area contributed by atoms with E-state index in [2.05, 4.69) is 101 Å². The monoisotopic (exact) mass is 427 g/mol. The van der Waals surface area contributed by atoms with Crippen LogP contribution in [-0.4, -0.2) is 4.57 Å². The fraction of sp³-hybridized carbons (Fsp3) is 0.0345. The van der Waals surface area contributed by atoms with Gasteiger partial charge >= 0.3 is 0 Å². The molecule has 0 amide bonds. The van der Waals surface area contributed by atoms with Gasteiger partial charge in [-0.3, -0.25) is 11.3 Å². The van der Waals surface area contributed by atoms with Crippen LogP contribution in [0.5, 0.6) is 0 Å². The molecular weight excluding hydrogens is 406 g/mol. The summed E-state index contributed by atoms with van der Waals surface area (Å²) in [6, 6.07) is 34.1. The van der Waals surface area contributed by atoms with Crippen LogP contribution in [0.2, 0.25) is 0 Å². The predicted molar refractivity (Wildman–Crippen MR) is 137 cm³/mol. The summed E-state index contributed by atoms with van der Waals surface area (Å²) >= 11 is 0. The topological polar surface area (TPSA) is 56.1 Å². The summed E-state index contributed by atoms with van der Waals surface area (Å²) in [5.41, 5.74) is 9.27. The molecule has 7 rings (SSSR count). The Balaban J connectivity index is 1.79. The molecule has 0 aliphatic carbocycles. The highest BCUT2D eigenvalue weighted by atomic mass is 16.3. The molecule has 158 valence electrons. The van der Waals surface area contributed by atoms with E-state index >= 15 is 0 Å². The van der Waals surface area contributed by atoms with Crippen molar-refractivity contribution in [3.8, 4) is 5.69 Å². The maximum atomic E-state index is 6.46. The number of nitrogens with zero attached hydrogens (tertiary/aromatic N) is 1. The average Bonchev–Trinajstić information content (AvgIpc) is 3.41. The van der Waals surface area contributed by atoms with Crippen molar-refractivity contribution in [2.45, 2.75) is 6.54 Å². The third kappa shape index (κ3) is 2.53. The first-order valence-corrected chi connectivity index (χ1v) is 11.1. The minimum atomic E-state index is 0.613. The maximum absolute atomic E-state index is 6.46. The lowest BCUT2D eigenvalue weighted by Crippen LogP contribution is -2.20. The number of fused-ring (bicyclic) bond motifs is 10. The van der Waals surface area contributed by atoms with E-state index in [-0.39, 0.29) is 0 Å². The zero-order chi connectivity index (χ0) is 21.9. The third-order valence-corrected chi connectivity index (χ3v) is 6.62. The number of hydrogen-bond acceptors (Lipinski definition) is 3. The van der Waals surface area contributed by atoms with Crippen LogP contribution in [-0.2, 0) is 6.54 Å². The fourth-order valence-electron chi connectivity index (χ4n) is 5.31. The molecule has 5 aromatic carbocycles. The zero-order valence-electron chi connectivity index (χ0n) is 17.9. The SMILES string of the molecule is NNCc1cccc(-n2c3ccccc3c3c4c5ccccc5oc4c4ccccc4c32)c1. The molecule has 2 heterocycles. The molecule has 4 heteroatoms. The second kappa shape index (κ2) is 6.94. The number of rotatable bonds is 3. The lowest BCUT2D eigenvalue weighted by molar-refractivity contribution is 0.673. The van der Waals surface area contributed by atoms with Crippen molar-refractivity contribution < 1.29 is 4.42 Å². The van der Waals surface area contributed by atoms with Crippen molar-refractivity contribution in [3.05, 3.63) is 103 Å². The molecule has 0 bridgehead atoms. The standard InChI is InChI=1S/C29H21N3O/c30-31-17-18-8-7-9-19(16-18)32-24-14-5-3-12-22(24)26-27-23-13-4-6-15-25(23)33-29(27)21-11-2-1-10-20(21)28(26)32/h1-16,31H,17,30H2. The molecule has 0 spiro atoms. The quantitative estimate of drug-likeness (QED) is 0.241. The van der Waals surface area contributed by atoms with Gasteiger partial charge in [0.2, 0.25) is 0 Å². The lowest BCUT2D eigenvalue weighted by atomic mass is 9.99. The molecule has 0 saturated heterocycles. The van der Waals surface area contributed by atoms with Gasteiger partial charge in [-0.1, -0.05) is 72.8 Å². The predicted octanol–water partition coefficient (Wildman–Crippen LogP) is 6.80. The summed E-state index contributed by atoms with van der Waals surface area (Å²) in [5, 5.41) is 7.07. The molecule has 0 radical (unpaired) electrons. The first-order chi connectivity index (χ1) is 16.3. The molecule has 0 aliphatic rings. The van der Waals surface area contributed by atoms with Gasteiger partial charge in [0.05, 0.1) is 11.0 Å². The van der Waals surface area contributed by atoms with Crippen molar-refractivity contribution in [3.63, 3.8) is 0 Å². The Morgan fingerprint density at radius 3 is 2.27 bits per heavy atom. The normalized spacial score (nSPS) is 12.0. The molecular formula is C29H21N3O. The van der Waals surface area contributed by atoms with E-state index in [1.807, 2.05) is 6.07 Å². The second-order valence-corrected chi connectivity index (χ2v) is 8.47. The van der Waals surface area contributed by atoms with Crippen LogP contribution in [0.4, 0.5) is 0 Å². The third-order valence-electron chi connectivity index (χ3n) is 6.62. The highest BCUT2D eigenvalue weighted by Crippen LogP contribution is 2.45. The van der Waals surface area contributed by atoms with Gasteiger partial charge in [0.1, 0.15) is 11.2 Å². The Morgan fingerprint density at radius 1 is 0.697 bits per heavy atom. The molecule has 0 saturated carbocycles. The molecule has 0 atom stereocenters. The van der Waals surface area contributed by atoms with Gasteiger partial charge in [0, 0.05) is 44.5 Å². The first kappa shape index (κ1) is 18.5. The van der Waals surface area contributed by atoms with Gasteiger partial charge in [-0.25, -0.2) is 0 Å². The number of hydrazine groups is 1. The molecule has 33 heavy (non-hydrogen) atoms. The minimum Gasteiger partial charge on any atom is -0.455 e. The average molecular weight is 428 g/mol. The molecule has 7 aromatic rings. The Kier molecular flexibility index (Phi) is 3.88. The Labute approximate surface area is 189 Å². The van der Waals surface area contributed by atoms with Crippen LogP contribution in [0.3, 0.4) is 0 Å². The van der Waals surface area contributed by atoms with Crippen molar-refractivity contribution in [1.29, 1.82) is 0 Å². The molecule has 0 fully saturated rings. The van der Waals surface area contributed by atoms with Crippen molar-refractivity contribution in [1.82, 2.24) is 9.99 Å². The number of nitrogens with two attached hydrogens (primary N) is 1. The van der Waals surface area contributed by atoms with Gasteiger partial charge in [-0.05, 0) is 29.8 Å². The highest BCUT2D eigenvalue weighted by molar-refractivity contribution is 6.35. The zero-order valence-corrected chi connectivity index (χ0v) is 17.9. The van der Waals surface area contributed by atoms with Gasteiger partial charge in [0.25, 0.3) is 0 Å². The second-order valence-electron chi connectivity index (χ2n) is 8.47.